The highest BCUT2D eigenvalue weighted by Crippen LogP contribution is 2.27. The second-order valence-corrected chi connectivity index (χ2v) is 5.81. The first-order valence-corrected chi connectivity index (χ1v) is 7.78. The van der Waals surface area contributed by atoms with E-state index in [1.54, 1.807) is 24.0 Å². The van der Waals surface area contributed by atoms with Crippen molar-refractivity contribution in [3.05, 3.63) is 59.1 Å². The minimum absolute atomic E-state index is 0.0491. The fourth-order valence-corrected chi connectivity index (χ4v) is 3.21. The van der Waals surface area contributed by atoms with Crippen molar-refractivity contribution in [2.24, 2.45) is 0 Å². The van der Waals surface area contributed by atoms with Crippen LogP contribution >= 0.6 is 23.4 Å². The van der Waals surface area contributed by atoms with Gasteiger partial charge in [0.05, 0.1) is 6.20 Å². The fraction of sp³-hybridized carbons (Fsp3) is 0.267. The Labute approximate surface area is 127 Å². The lowest BCUT2D eigenvalue weighted by molar-refractivity contribution is 0.541. The molecule has 5 heteroatoms. The van der Waals surface area contributed by atoms with Crippen molar-refractivity contribution in [1.82, 2.24) is 10.3 Å². The Morgan fingerprint density at radius 3 is 2.95 bits per heavy atom. The maximum Gasteiger partial charge on any atom is 0.146 e. The molecule has 1 atom stereocenters. The van der Waals surface area contributed by atoms with E-state index >= 15 is 0 Å². The summed E-state index contributed by atoms with van der Waals surface area (Å²) in [4.78, 5) is 4.87. The number of aromatic nitrogens is 1. The Hall–Kier alpha value is -1.10. The molecule has 0 fully saturated rings. The lowest BCUT2D eigenvalue weighted by Crippen LogP contribution is -2.24. The zero-order valence-corrected chi connectivity index (χ0v) is 12.7. The first kappa shape index (κ1) is 15.3. The summed E-state index contributed by atoms with van der Waals surface area (Å²) in [5, 5.41) is 4.02. The van der Waals surface area contributed by atoms with Crippen LogP contribution in [0.3, 0.4) is 0 Å². The standard InChI is InChI=1S/C15H16ClFN2S/c1-2-19-15(13-6-7-18-9-14(13)17)10-20-12-5-3-4-11(16)8-12/h3-9,15,19H,2,10H2,1H3. The summed E-state index contributed by atoms with van der Waals surface area (Å²) in [6.45, 7) is 2.79. The molecular weight excluding hydrogens is 295 g/mol. The van der Waals surface area contributed by atoms with Gasteiger partial charge in [-0.1, -0.05) is 24.6 Å². The van der Waals surface area contributed by atoms with E-state index in [1.165, 1.54) is 6.20 Å². The zero-order chi connectivity index (χ0) is 14.4. The van der Waals surface area contributed by atoms with Gasteiger partial charge in [0.1, 0.15) is 5.82 Å². The van der Waals surface area contributed by atoms with Crippen LogP contribution < -0.4 is 5.32 Å². The molecule has 0 radical (unpaired) electrons. The highest BCUT2D eigenvalue weighted by atomic mass is 35.5. The molecule has 0 saturated heterocycles. The maximum atomic E-state index is 13.8. The van der Waals surface area contributed by atoms with Crippen molar-refractivity contribution in [3.63, 3.8) is 0 Å². The van der Waals surface area contributed by atoms with Crippen LogP contribution in [0, 0.1) is 5.82 Å². The molecule has 2 aromatic rings. The number of nitrogens with one attached hydrogen (secondary N) is 1. The van der Waals surface area contributed by atoms with Crippen molar-refractivity contribution in [2.75, 3.05) is 12.3 Å². The number of halogens is 2. The van der Waals surface area contributed by atoms with E-state index in [-0.39, 0.29) is 11.9 Å². The molecule has 1 heterocycles. The second-order valence-electron chi connectivity index (χ2n) is 4.28. The lowest BCUT2D eigenvalue weighted by atomic mass is 10.1. The quantitative estimate of drug-likeness (QED) is 0.804. The van der Waals surface area contributed by atoms with E-state index in [1.807, 2.05) is 31.2 Å². The second kappa shape index (κ2) is 7.62. The van der Waals surface area contributed by atoms with Crippen LogP contribution in [0.4, 0.5) is 4.39 Å². The van der Waals surface area contributed by atoms with Crippen molar-refractivity contribution in [3.8, 4) is 0 Å². The first-order chi connectivity index (χ1) is 9.70. The number of pyridine rings is 1. The van der Waals surface area contributed by atoms with E-state index in [9.17, 15) is 4.39 Å². The van der Waals surface area contributed by atoms with E-state index in [2.05, 4.69) is 10.3 Å². The fourth-order valence-electron chi connectivity index (χ4n) is 1.91. The Morgan fingerprint density at radius 1 is 1.40 bits per heavy atom. The Bertz CT molecular complexity index is 565. The van der Waals surface area contributed by atoms with Crippen molar-refractivity contribution < 1.29 is 4.39 Å². The van der Waals surface area contributed by atoms with Gasteiger partial charge in [-0.2, -0.15) is 0 Å². The van der Waals surface area contributed by atoms with Gasteiger partial charge in [0.25, 0.3) is 0 Å². The van der Waals surface area contributed by atoms with Gasteiger partial charge in [-0.15, -0.1) is 11.8 Å². The number of hydrogen-bond acceptors (Lipinski definition) is 3. The SMILES string of the molecule is CCNC(CSc1cccc(Cl)c1)c1ccncc1F. The van der Waals surface area contributed by atoms with Crippen LogP contribution in [0.1, 0.15) is 18.5 Å². The summed E-state index contributed by atoms with van der Waals surface area (Å²) in [6.07, 6.45) is 2.87. The third-order valence-corrected chi connectivity index (χ3v) is 4.16. The average Bonchev–Trinajstić information content (AvgIpc) is 2.44. The van der Waals surface area contributed by atoms with E-state index < -0.39 is 0 Å². The lowest BCUT2D eigenvalue weighted by Gasteiger charge is -2.18. The largest absolute Gasteiger partial charge is 0.309 e. The molecule has 1 aromatic heterocycles. The normalized spacial score (nSPS) is 12.3. The third kappa shape index (κ3) is 4.20. The van der Waals surface area contributed by atoms with Gasteiger partial charge in [0.2, 0.25) is 0 Å². The molecule has 0 aliphatic rings. The van der Waals surface area contributed by atoms with Crippen molar-refractivity contribution >= 4 is 23.4 Å². The Kier molecular flexibility index (Phi) is 5.83. The molecule has 20 heavy (non-hydrogen) atoms. The predicted molar refractivity (Wildman–Crippen MR) is 82.8 cm³/mol. The van der Waals surface area contributed by atoms with Crippen molar-refractivity contribution in [2.45, 2.75) is 17.9 Å². The number of benzene rings is 1. The van der Waals surface area contributed by atoms with Gasteiger partial charge >= 0.3 is 0 Å². The minimum atomic E-state index is -0.273. The topological polar surface area (TPSA) is 24.9 Å². The highest BCUT2D eigenvalue weighted by molar-refractivity contribution is 7.99. The van der Waals surface area contributed by atoms with Crippen LogP contribution in [0.5, 0.6) is 0 Å². The molecule has 0 bridgehead atoms. The summed E-state index contributed by atoms with van der Waals surface area (Å²) in [6, 6.07) is 9.35. The summed E-state index contributed by atoms with van der Waals surface area (Å²) in [5.74, 6) is 0.458. The van der Waals surface area contributed by atoms with Crippen molar-refractivity contribution in [1.29, 1.82) is 0 Å². The van der Waals surface area contributed by atoms with Gasteiger partial charge in [-0.3, -0.25) is 4.98 Å². The average molecular weight is 311 g/mol. The molecule has 0 aliphatic heterocycles. The summed E-state index contributed by atoms with van der Waals surface area (Å²) in [7, 11) is 0. The summed E-state index contributed by atoms with van der Waals surface area (Å²) < 4.78 is 13.8. The smallest absolute Gasteiger partial charge is 0.146 e. The summed E-state index contributed by atoms with van der Waals surface area (Å²) >= 11 is 7.62. The van der Waals surface area contributed by atoms with E-state index in [4.69, 9.17) is 11.6 Å². The van der Waals surface area contributed by atoms with E-state index in [0.29, 0.717) is 10.6 Å². The molecule has 0 amide bonds. The van der Waals surface area contributed by atoms with Crippen LogP contribution in [0.25, 0.3) is 0 Å². The molecular formula is C15H16ClFN2S. The third-order valence-electron chi connectivity index (χ3n) is 2.84. The zero-order valence-electron chi connectivity index (χ0n) is 11.1. The van der Waals surface area contributed by atoms with E-state index in [0.717, 1.165) is 17.2 Å². The monoisotopic (exact) mass is 310 g/mol. The molecule has 1 N–H and O–H groups in total. The Balaban J connectivity index is 2.08. The van der Waals surface area contributed by atoms with Gasteiger partial charge in [0.15, 0.2) is 0 Å². The number of rotatable bonds is 6. The van der Waals surface area contributed by atoms with Crippen LogP contribution in [-0.2, 0) is 0 Å². The van der Waals surface area contributed by atoms with Crippen LogP contribution in [0.15, 0.2) is 47.6 Å². The van der Waals surface area contributed by atoms with Gasteiger partial charge < -0.3 is 5.32 Å². The molecule has 1 aromatic carbocycles. The number of thioether (sulfide) groups is 1. The Morgan fingerprint density at radius 2 is 2.25 bits per heavy atom. The molecule has 0 saturated carbocycles. The highest BCUT2D eigenvalue weighted by Gasteiger charge is 2.15. The maximum absolute atomic E-state index is 13.8. The molecule has 106 valence electrons. The molecule has 0 spiro atoms. The molecule has 0 aliphatic carbocycles. The number of hydrogen-bond donors (Lipinski definition) is 1. The predicted octanol–water partition coefficient (Wildman–Crippen LogP) is 4.32. The summed E-state index contributed by atoms with van der Waals surface area (Å²) in [5.41, 5.74) is 0.649. The van der Waals surface area contributed by atoms with Crippen LogP contribution in [-0.4, -0.2) is 17.3 Å². The van der Waals surface area contributed by atoms with Gasteiger partial charge in [0, 0.05) is 33.5 Å². The van der Waals surface area contributed by atoms with Gasteiger partial charge in [-0.05, 0) is 30.8 Å². The molecule has 1 unspecified atom stereocenters. The minimum Gasteiger partial charge on any atom is -0.309 e. The first-order valence-electron chi connectivity index (χ1n) is 6.42. The van der Waals surface area contributed by atoms with Gasteiger partial charge in [-0.25, -0.2) is 4.39 Å². The molecule has 2 rings (SSSR count). The molecule has 2 nitrogen and oxygen atoms in total. The number of nitrogens with zero attached hydrogens (tertiary/aromatic N) is 1. The van der Waals surface area contributed by atoms with Crippen LogP contribution in [0.2, 0.25) is 5.02 Å².